The van der Waals surface area contributed by atoms with Crippen molar-refractivity contribution in [2.75, 3.05) is 26.2 Å². The Bertz CT molecular complexity index is 752. The molecular formula is C22H31N3O. The summed E-state index contributed by atoms with van der Waals surface area (Å²) < 4.78 is 2.22. The maximum Gasteiger partial charge on any atom is 0.222 e. The summed E-state index contributed by atoms with van der Waals surface area (Å²) in [5.74, 6) is 1.03. The number of carbonyl (C=O) groups is 1. The van der Waals surface area contributed by atoms with E-state index < -0.39 is 0 Å². The van der Waals surface area contributed by atoms with E-state index in [1.807, 2.05) is 0 Å². The van der Waals surface area contributed by atoms with Crippen molar-refractivity contribution >= 4 is 16.8 Å². The highest BCUT2D eigenvalue weighted by Crippen LogP contribution is 2.27. The number of aryl methyl sites for hydroxylation is 1. The number of hydrogen-bond donors (Lipinski definition) is 0. The summed E-state index contributed by atoms with van der Waals surface area (Å²) in [4.78, 5) is 17.2. The number of hydrogen-bond acceptors (Lipinski definition) is 2. The molecule has 2 aliphatic rings. The first-order valence-corrected chi connectivity index (χ1v) is 10.2. The van der Waals surface area contributed by atoms with Gasteiger partial charge in [-0.05, 0) is 30.4 Å². The van der Waals surface area contributed by atoms with Crippen molar-refractivity contribution in [1.82, 2.24) is 14.4 Å². The number of nitrogens with zero attached hydrogens (tertiary/aromatic N) is 3. The summed E-state index contributed by atoms with van der Waals surface area (Å²) in [6.07, 6.45) is 9.54. The van der Waals surface area contributed by atoms with E-state index in [9.17, 15) is 4.79 Å². The smallest absolute Gasteiger partial charge is 0.222 e. The van der Waals surface area contributed by atoms with Crippen LogP contribution in [0, 0.1) is 5.92 Å². The number of amides is 1. The predicted octanol–water partition coefficient (Wildman–Crippen LogP) is 3.79. The fourth-order valence-electron chi connectivity index (χ4n) is 4.72. The lowest BCUT2D eigenvalue weighted by Crippen LogP contribution is -2.48. The largest absolute Gasteiger partial charge is 0.350 e. The Hall–Kier alpha value is -1.81. The second-order valence-corrected chi connectivity index (χ2v) is 8.15. The highest BCUT2D eigenvalue weighted by atomic mass is 16.2. The Morgan fingerprint density at radius 1 is 1.04 bits per heavy atom. The lowest BCUT2D eigenvalue weighted by Gasteiger charge is -2.35. The molecule has 1 aromatic carbocycles. The van der Waals surface area contributed by atoms with Gasteiger partial charge in [0, 0.05) is 63.3 Å². The summed E-state index contributed by atoms with van der Waals surface area (Å²) in [5.41, 5.74) is 2.69. The van der Waals surface area contributed by atoms with Crippen LogP contribution in [0.15, 0.2) is 30.5 Å². The third-order valence-corrected chi connectivity index (χ3v) is 6.29. The van der Waals surface area contributed by atoms with E-state index in [1.54, 1.807) is 0 Å². The minimum Gasteiger partial charge on any atom is -0.350 e. The minimum absolute atomic E-state index is 0.390. The van der Waals surface area contributed by atoms with Gasteiger partial charge in [-0.15, -0.1) is 0 Å². The van der Waals surface area contributed by atoms with Crippen LogP contribution in [0.1, 0.15) is 44.1 Å². The molecule has 140 valence electrons. The van der Waals surface area contributed by atoms with Crippen LogP contribution in [0.2, 0.25) is 0 Å². The van der Waals surface area contributed by atoms with E-state index in [2.05, 4.69) is 51.9 Å². The van der Waals surface area contributed by atoms with Gasteiger partial charge in [0.1, 0.15) is 0 Å². The molecule has 26 heavy (non-hydrogen) atoms. The molecule has 1 saturated heterocycles. The zero-order chi connectivity index (χ0) is 17.9. The van der Waals surface area contributed by atoms with Crippen LogP contribution in [0.5, 0.6) is 0 Å². The van der Waals surface area contributed by atoms with Crippen LogP contribution in [0.25, 0.3) is 10.9 Å². The number of benzene rings is 1. The molecule has 1 aliphatic heterocycles. The fraction of sp³-hybridized carbons (Fsp3) is 0.591. The third kappa shape index (κ3) is 3.80. The van der Waals surface area contributed by atoms with Gasteiger partial charge in [-0.25, -0.2) is 0 Å². The Kier molecular flexibility index (Phi) is 5.30. The van der Waals surface area contributed by atoms with Gasteiger partial charge in [-0.1, -0.05) is 37.5 Å². The van der Waals surface area contributed by atoms with Crippen molar-refractivity contribution in [1.29, 1.82) is 0 Å². The van der Waals surface area contributed by atoms with E-state index in [0.29, 0.717) is 11.8 Å². The molecule has 1 aliphatic carbocycles. The maximum atomic E-state index is 12.6. The van der Waals surface area contributed by atoms with Crippen molar-refractivity contribution in [3.8, 4) is 0 Å². The van der Waals surface area contributed by atoms with Crippen LogP contribution >= 0.6 is 0 Å². The molecule has 0 bridgehead atoms. The first kappa shape index (κ1) is 17.6. The Balaban J connectivity index is 1.31. The van der Waals surface area contributed by atoms with E-state index in [1.165, 1.54) is 48.6 Å². The second-order valence-electron chi connectivity index (χ2n) is 8.15. The standard InChI is InChI=1S/C22H31N3O/c1-23-16-19(20-9-5-6-10-21(20)23)17-24-11-13-25(14-12-24)22(26)15-18-7-3-2-4-8-18/h5-6,9-10,16,18H,2-4,7-8,11-15,17H2,1H3. The van der Waals surface area contributed by atoms with Gasteiger partial charge in [0.25, 0.3) is 0 Å². The van der Waals surface area contributed by atoms with Crippen LogP contribution in [-0.2, 0) is 18.4 Å². The van der Waals surface area contributed by atoms with Gasteiger partial charge in [0.2, 0.25) is 5.91 Å². The Labute approximate surface area is 156 Å². The SMILES string of the molecule is Cn1cc(CN2CCN(C(=O)CC3CCCCC3)CC2)c2ccccc21. The molecule has 4 nitrogen and oxygen atoms in total. The number of para-hydroxylation sites is 1. The quantitative estimate of drug-likeness (QED) is 0.836. The number of aromatic nitrogens is 1. The fourth-order valence-corrected chi connectivity index (χ4v) is 4.72. The molecule has 0 spiro atoms. The Morgan fingerprint density at radius 2 is 1.77 bits per heavy atom. The van der Waals surface area contributed by atoms with Crippen molar-refractivity contribution in [2.45, 2.75) is 45.1 Å². The van der Waals surface area contributed by atoms with Gasteiger partial charge in [0.15, 0.2) is 0 Å². The van der Waals surface area contributed by atoms with Gasteiger partial charge in [-0.2, -0.15) is 0 Å². The van der Waals surface area contributed by atoms with Crippen LogP contribution in [0.3, 0.4) is 0 Å². The topological polar surface area (TPSA) is 28.5 Å². The molecule has 4 heteroatoms. The highest BCUT2D eigenvalue weighted by molar-refractivity contribution is 5.83. The lowest BCUT2D eigenvalue weighted by atomic mass is 9.86. The molecule has 1 amide bonds. The summed E-state index contributed by atoms with van der Waals surface area (Å²) in [7, 11) is 2.12. The van der Waals surface area contributed by atoms with Gasteiger partial charge >= 0.3 is 0 Å². The number of rotatable bonds is 4. The first-order chi connectivity index (χ1) is 12.7. The highest BCUT2D eigenvalue weighted by Gasteiger charge is 2.24. The molecule has 4 rings (SSSR count). The molecule has 0 atom stereocenters. The van der Waals surface area contributed by atoms with Gasteiger partial charge in [-0.3, -0.25) is 9.69 Å². The van der Waals surface area contributed by atoms with E-state index in [4.69, 9.17) is 0 Å². The van der Waals surface area contributed by atoms with Gasteiger partial charge in [0.05, 0.1) is 0 Å². The number of carbonyl (C=O) groups excluding carboxylic acids is 1. The third-order valence-electron chi connectivity index (χ3n) is 6.29. The molecule has 0 N–H and O–H groups in total. The summed E-state index contributed by atoms with van der Waals surface area (Å²) in [6, 6.07) is 8.62. The van der Waals surface area contributed by atoms with Crippen LogP contribution in [-0.4, -0.2) is 46.5 Å². The maximum absolute atomic E-state index is 12.6. The monoisotopic (exact) mass is 353 g/mol. The molecule has 2 heterocycles. The molecule has 0 unspecified atom stereocenters. The van der Waals surface area contributed by atoms with E-state index in [0.717, 1.165) is 39.1 Å². The molecule has 0 radical (unpaired) electrons. The van der Waals surface area contributed by atoms with Crippen molar-refractivity contribution < 1.29 is 4.79 Å². The summed E-state index contributed by atoms with van der Waals surface area (Å²) in [5, 5.41) is 1.35. The van der Waals surface area contributed by atoms with E-state index in [-0.39, 0.29) is 0 Å². The normalized spacial score (nSPS) is 20.0. The van der Waals surface area contributed by atoms with Crippen molar-refractivity contribution in [2.24, 2.45) is 13.0 Å². The predicted molar refractivity (Wildman–Crippen MR) is 106 cm³/mol. The van der Waals surface area contributed by atoms with Crippen LogP contribution < -0.4 is 0 Å². The average Bonchev–Trinajstić information content (AvgIpc) is 2.99. The van der Waals surface area contributed by atoms with Crippen molar-refractivity contribution in [3.05, 3.63) is 36.0 Å². The zero-order valence-electron chi connectivity index (χ0n) is 16.0. The zero-order valence-corrected chi connectivity index (χ0v) is 16.0. The lowest BCUT2D eigenvalue weighted by molar-refractivity contribution is -0.134. The van der Waals surface area contributed by atoms with E-state index >= 15 is 0 Å². The molecular weight excluding hydrogens is 322 g/mol. The Morgan fingerprint density at radius 3 is 2.54 bits per heavy atom. The molecule has 2 aromatic rings. The summed E-state index contributed by atoms with van der Waals surface area (Å²) in [6.45, 7) is 4.72. The molecule has 1 aromatic heterocycles. The molecule has 1 saturated carbocycles. The second kappa shape index (κ2) is 7.83. The van der Waals surface area contributed by atoms with Crippen LogP contribution in [0.4, 0.5) is 0 Å². The average molecular weight is 354 g/mol. The minimum atomic E-state index is 0.390. The van der Waals surface area contributed by atoms with Gasteiger partial charge < -0.3 is 9.47 Å². The molecule has 2 fully saturated rings. The summed E-state index contributed by atoms with van der Waals surface area (Å²) >= 11 is 0. The van der Waals surface area contributed by atoms with Crippen molar-refractivity contribution in [3.63, 3.8) is 0 Å². The number of piperazine rings is 1. The first-order valence-electron chi connectivity index (χ1n) is 10.2. The number of fused-ring (bicyclic) bond motifs is 1.